The molecule has 2 aromatic rings. The maximum absolute atomic E-state index is 12.6. The molecule has 1 aliphatic rings. The van der Waals surface area contributed by atoms with Gasteiger partial charge in [-0.1, -0.05) is 13.8 Å². The lowest BCUT2D eigenvalue weighted by Crippen LogP contribution is -2.37. The number of fused-ring (bicyclic) bond motifs is 1. The topological polar surface area (TPSA) is 62.2 Å². The molecule has 0 bridgehead atoms. The fourth-order valence-electron chi connectivity index (χ4n) is 3.17. The number of hydrogen-bond donors (Lipinski definition) is 0. The fraction of sp³-hybridized carbons (Fsp3) is 0.444. The van der Waals surface area contributed by atoms with Crippen LogP contribution in [-0.4, -0.2) is 50.5 Å². The SMILES string of the molecule is CCN(CC)Cc1cncc2c1CCN(C(=O)c1ccnnc1)C2. The summed E-state index contributed by atoms with van der Waals surface area (Å²) in [6, 6.07) is 1.71. The summed E-state index contributed by atoms with van der Waals surface area (Å²) < 4.78 is 0. The molecule has 0 saturated carbocycles. The number of carbonyl (C=O) groups is 1. The number of hydrogen-bond acceptors (Lipinski definition) is 5. The molecule has 0 fully saturated rings. The number of aromatic nitrogens is 3. The Bertz CT molecular complexity index is 700. The molecule has 24 heavy (non-hydrogen) atoms. The smallest absolute Gasteiger partial charge is 0.255 e. The molecule has 3 heterocycles. The van der Waals surface area contributed by atoms with E-state index in [0.717, 1.165) is 38.2 Å². The van der Waals surface area contributed by atoms with E-state index in [0.29, 0.717) is 12.1 Å². The van der Waals surface area contributed by atoms with Crippen molar-refractivity contribution >= 4 is 5.91 Å². The largest absolute Gasteiger partial charge is 0.334 e. The lowest BCUT2D eigenvalue weighted by Gasteiger charge is -2.30. The average Bonchev–Trinajstić information content (AvgIpc) is 2.65. The highest BCUT2D eigenvalue weighted by Crippen LogP contribution is 2.23. The van der Waals surface area contributed by atoms with Crippen LogP contribution in [0.5, 0.6) is 0 Å². The molecule has 1 aliphatic heterocycles. The van der Waals surface area contributed by atoms with Crippen LogP contribution in [0.4, 0.5) is 0 Å². The Labute approximate surface area is 142 Å². The lowest BCUT2D eigenvalue weighted by atomic mass is 9.96. The van der Waals surface area contributed by atoms with Crippen molar-refractivity contribution < 1.29 is 4.79 Å². The molecule has 0 aromatic carbocycles. The number of carbonyl (C=O) groups excluding carboxylic acids is 1. The summed E-state index contributed by atoms with van der Waals surface area (Å²) in [6.45, 7) is 8.66. The van der Waals surface area contributed by atoms with Gasteiger partial charge in [0.15, 0.2) is 0 Å². The number of rotatable bonds is 5. The highest BCUT2D eigenvalue weighted by molar-refractivity contribution is 5.93. The van der Waals surface area contributed by atoms with Gasteiger partial charge in [0.05, 0.1) is 18.0 Å². The van der Waals surface area contributed by atoms with Gasteiger partial charge in [-0.2, -0.15) is 10.2 Å². The van der Waals surface area contributed by atoms with E-state index in [1.807, 2.05) is 17.3 Å². The second kappa shape index (κ2) is 7.49. The van der Waals surface area contributed by atoms with Gasteiger partial charge >= 0.3 is 0 Å². The second-order valence-corrected chi connectivity index (χ2v) is 6.01. The Hall–Kier alpha value is -2.34. The molecule has 0 atom stereocenters. The molecule has 0 saturated heterocycles. The zero-order valence-electron chi connectivity index (χ0n) is 14.3. The van der Waals surface area contributed by atoms with Crippen molar-refractivity contribution in [3.63, 3.8) is 0 Å². The molecule has 0 unspecified atom stereocenters. The third-order valence-corrected chi connectivity index (χ3v) is 4.64. The fourth-order valence-corrected chi connectivity index (χ4v) is 3.17. The number of nitrogens with zero attached hydrogens (tertiary/aromatic N) is 5. The van der Waals surface area contributed by atoms with Crippen LogP contribution < -0.4 is 0 Å². The highest BCUT2D eigenvalue weighted by atomic mass is 16.2. The molecule has 1 amide bonds. The zero-order valence-corrected chi connectivity index (χ0v) is 14.3. The molecule has 126 valence electrons. The van der Waals surface area contributed by atoms with Crippen LogP contribution >= 0.6 is 0 Å². The molecular formula is C18H23N5O. The van der Waals surface area contributed by atoms with Crippen LogP contribution in [0.25, 0.3) is 0 Å². The number of pyridine rings is 1. The van der Waals surface area contributed by atoms with E-state index in [9.17, 15) is 4.79 Å². The van der Waals surface area contributed by atoms with E-state index in [1.165, 1.54) is 17.3 Å². The monoisotopic (exact) mass is 325 g/mol. The maximum atomic E-state index is 12.6. The molecule has 2 aromatic heterocycles. The minimum Gasteiger partial charge on any atom is -0.334 e. The Kier molecular flexibility index (Phi) is 5.15. The van der Waals surface area contributed by atoms with Crippen molar-refractivity contribution in [1.29, 1.82) is 0 Å². The summed E-state index contributed by atoms with van der Waals surface area (Å²) in [5.74, 6) is 0.00435. The van der Waals surface area contributed by atoms with E-state index in [-0.39, 0.29) is 5.91 Å². The summed E-state index contributed by atoms with van der Waals surface area (Å²) in [6.07, 6.45) is 7.81. The standard InChI is InChI=1S/C18H23N5O/c1-3-22(4-2)12-15-9-19-10-16-13-23(8-6-17(15)16)18(24)14-5-7-20-21-11-14/h5,7,9-11H,3-4,6,8,12-13H2,1-2H3. The number of amides is 1. The predicted molar refractivity (Wildman–Crippen MR) is 91.3 cm³/mol. The van der Waals surface area contributed by atoms with Crippen molar-refractivity contribution in [3.05, 3.63) is 53.1 Å². The highest BCUT2D eigenvalue weighted by Gasteiger charge is 2.24. The second-order valence-electron chi connectivity index (χ2n) is 6.01. The molecule has 0 spiro atoms. The quantitative estimate of drug-likeness (QED) is 0.840. The van der Waals surface area contributed by atoms with Crippen LogP contribution in [0.1, 0.15) is 40.9 Å². The van der Waals surface area contributed by atoms with Crippen molar-refractivity contribution in [2.24, 2.45) is 0 Å². The van der Waals surface area contributed by atoms with E-state index < -0.39 is 0 Å². The molecular weight excluding hydrogens is 302 g/mol. The summed E-state index contributed by atoms with van der Waals surface area (Å²) in [5, 5.41) is 7.52. The van der Waals surface area contributed by atoms with E-state index in [4.69, 9.17) is 0 Å². The maximum Gasteiger partial charge on any atom is 0.255 e. The van der Waals surface area contributed by atoms with E-state index in [1.54, 1.807) is 12.3 Å². The first kappa shape index (κ1) is 16.5. The van der Waals surface area contributed by atoms with Crippen LogP contribution in [0.2, 0.25) is 0 Å². The van der Waals surface area contributed by atoms with Gasteiger partial charge in [0.1, 0.15) is 0 Å². The molecule has 6 heteroatoms. The minimum absolute atomic E-state index is 0.00435. The summed E-state index contributed by atoms with van der Waals surface area (Å²) in [4.78, 5) is 21.2. The molecule has 3 rings (SSSR count). The first-order valence-electron chi connectivity index (χ1n) is 8.45. The van der Waals surface area contributed by atoms with Crippen LogP contribution in [-0.2, 0) is 19.5 Å². The van der Waals surface area contributed by atoms with Crippen molar-refractivity contribution in [2.75, 3.05) is 19.6 Å². The molecule has 0 aliphatic carbocycles. The van der Waals surface area contributed by atoms with E-state index >= 15 is 0 Å². The summed E-state index contributed by atoms with van der Waals surface area (Å²) >= 11 is 0. The first-order chi connectivity index (χ1) is 11.7. The summed E-state index contributed by atoms with van der Waals surface area (Å²) in [5.41, 5.74) is 4.38. The molecule has 0 N–H and O–H groups in total. The Morgan fingerprint density at radius 2 is 2.04 bits per heavy atom. The van der Waals surface area contributed by atoms with Crippen molar-refractivity contribution in [2.45, 2.75) is 33.4 Å². The Morgan fingerprint density at radius 1 is 1.21 bits per heavy atom. The average molecular weight is 325 g/mol. The van der Waals surface area contributed by atoms with Gasteiger partial charge in [0.25, 0.3) is 5.91 Å². The van der Waals surface area contributed by atoms with Gasteiger partial charge in [-0.3, -0.25) is 14.7 Å². The Morgan fingerprint density at radius 3 is 2.75 bits per heavy atom. The third kappa shape index (κ3) is 3.43. The van der Waals surface area contributed by atoms with E-state index in [2.05, 4.69) is 33.9 Å². The van der Waals surface area contributed by atoms with Gasteiger partial charge in [0.2, 0.25) is 0 Å². The lowest BCUT2D eigenvalue weighted by molar-refractivity contribution is 0.0733. The van der Waals surface area contributed by atoms with Crippen molar-refractivity contribution in [1.82, 2.24) is 25.0 Å². The van der Waals surface area contributed by atoms with Gasteiger partial charge in [-0.15, -0.1) is 0 Å². The Balaban J connectivity index is 1.78. The van der Waals surface area contributed by atoms with Crippen molar-refractivity contribution in [3.8, 4) is 0 Å². The third-order valence-electron chi connectivity index (χ3n) is 4.64. The zero-order chi connectivity index (χ0) is 16.9. The summed E-state index contributed by atoms with van der Waals surface area (Å²) in [7, 11) is 0. The van der Waals surface area contributed by atoms with Gasteiger partial charge in [-0.05, 0) is 42.3 Å². The van der Waals surface area contributed by atoms with Gasteiger partial charge in [-0.25, -0.2) is 0 Å². The van der Waals surface area contributed by atoms with Crippen LogP contribution in [0.3, 0.4) is 0 Å². The minimum atomic E-state index is 0.00435. The molecule has 6 nitrogen and oxygen atoms in total. The first-order valence-corrected chi connectivity index (χ1v) is 8.45. The normalized spacial score (nSPS) is 13.9. The predicted octanol–water partition coefficient (Wildman–Crippen LogP) is 1.91. The van der Waals surface area contributed by atoms with Gasteiger partial charge < -0.3 is 4.90 Å². The van der Waals surface area contributed by atoms with Crippen LogP contribution in [0.15, 0.2) is 30.9 Å². The molecule has 0 radical (unpaired) electrons. The van der Waals surface area contributed by atoms with Crippen LogP contribution in [0, 0.1) is 0 Å². The van der Waals surface area contributed by atoms with Gasteiger partial charge in [0, 0.05) is 32.0 Å².